The first kappa shape index (κ1) is 19.7. The van der Waals surface area contributed by atoms with Gasteiger partial charge in [-0.25, -0.2) is 4.79 Å². The Bertz CT molecular complexity index is 524. The van der Waals surface area contributed by atoms with Crippen molar-refractivity contribution in [1.82, 2.24) is 15.1 Å². The summed E-state index contributed by atoms with van der Waals surface area (Å²) >= 11 is 0. The van der Waals surface area contributed by atoms with Crippen LogP contribution in [-0.4, -0.2) is 53.8 Å². The van der Waals surface area contributed by atoms with Crippen molar-refractivity contribution < 1.29 is 14.4 Å². The van der Waals surface area contributed by atoms with Gasteiger partial charge in [0, 0.05) is 38.5 Å². The van der Waals surface area contributed by atoms with Crippen molar-refractivity contribution in [2.45, 2.75) is 53.9 Å². The molecule has 0 aromatic carbocycles. The summed E-state index contributed by atoms with van der Waals surface area (Å²) in [6, 6.07) is -0.0362. The lowest BCUT2D eigenvalue weighted by molar-refractivity contribution is -0.139. The van der Waals surface area contributed by atoms with Crippen molar-refractivity contribution in [1.29, 1.82) is 0 Å². The van der Waals surface area contributed by atoms with Crippen LogP contribution in [0.5, 0.6) is 0 Å². The third-order valence-electron chi connectivity index (χ3n) is 5.62. The fourth-order valence-corrected chi connectivity index (χ4v) is 3.66. The molecule has 0 aromatic rings. The van der Waals surface area contributed by atoms with Gasteiger partial charge in [-0.2, -0.15) is 0 Å². The zero-order valence-electron chi connectivity index (χ0n) is 16.3. The van der Waals surface area contributed by atoms with Gasteiger partial charge < -0.3 is 10.2 Å². The van der Waals surface area contributed by atoms with Crippen LogP contribution in [0, 0.1) is 23.2 Å². The first-order chi connectivity index (χ1) is 11.6. The molecular formula is C19H33N3O3. The number of nitrogens with zero attached hydrogens (tertiary/aromatic N) is 2. The van der Waals surface area contributed by atoms with Gasteiger partial charge in [0.15, 0.2) is 0 Å². The zero-order valence-corrected chi connectivity index (χ0v) is 16.3. The molecule has 2 rings (SSSR count). The smallest absolute Gasteiger partial charge is 0.317 e. The van der Waals surface area contributed by atoms with Gasteiger partial charge in [-0.05, 0) is 30.1 Å². The molecule has 1 unspecified atom stereocenters. The van der Waals surface area contributed by atoms with Crippen molar-refractivity contribution in [2.75, 3.05) is 26.2 Å². The largest absolute Gasteiger partial charge is 0.338 e. The minimum atomic E-state index is -0.180. The molecule has 142 valence electrons. The molecule has 2 atom stereocenters. The summed E-state index contributed by atoms with van der Waals surface area (Å²) in [5, 5.41) is 2.92. The summed E-state index contributed by atoms with van der Waals surface area (Å²) in [6.07, 6.45) is 1.97. The lowest BCUT2D eigenvalue weighted by Crippen LogP contribution is -2.41. The SMILES string of the molecule is CC(C)C1CC(=O)N(CCCNC(=O)N2CC[C@@H](C(C)(C)C)C2)C1=O. The topological polar surface area (TPSA) is 69.7 Å². The van der Waals surface area contributed by atoms with Crippen molar-refractivity contribution >= 4 is 17.8 Å². The monoisotopic (exact) mass is 351 g/mol. The highest BCUT2D eigenvalue weighted by Gasteiger charge is 2.39. The molecule has 0 saturated carbocycles. The summed E-state index contributed by atoms with van der Waals surface area (Å²) in [5.74, 6) is 0.403. The van der Waals surface area contributed by atoms with Crippen molar-refractivity contribution in [3.05, 3.63) is 0 Å². The summed E-state index contributed by atoms with van der Waals surface area (Å²) < 4.78 is 0. The molecular weight excluding hydrogens is 318 g/mol. The number of carbonyl (C=O) groups is 3. The Balaban J connectivity index is 1.71. The summed E-state index contributed by atoms with van der Waals surface area (Å²) in [4.78, 5) is 39.7. The third kappa shape index (κ3) is 4.73. The number of nitrogens with one attached hydrogen (secondary N) is 1. The quantitative estimate of drug-likeness (QED) is 0.611. The standard InChI is InChI=1S/C19H33N3O3/c1-13(2)15-11-16(23)22(17(15)24)9-6-8-20-18(25)21-10-7-14(12-21)19(3,4)5/h13-15H,6-12H2,1-5H3,(H,20,25)/t14-,15?/m1/s1. The number of carbonyl (C=O) groups excluding carboxylic acids is 3. The van der Waals surface area contributed by atoms with Crippen LogP contribution >= 0.6 is 0 Å². The number of urea groups is 1. The molecule has 0 bridgehead atoms. The summed E-state index contributed by atoms with van der Waals surface area (Å²) in [7, 11) is 0. The fraction of sp³-hybridized carbons (Fsp3) is 0.842. The predicted molar refractivity (Wildman–Crippen MR) is 96.8 cm³/mol. The van der Waals surface area contributed by atoms with E-state index in [0.29, 0.717) is 31.8 Å². The third-order valence-corrected chi connectivity index (χ3v) is 5.62. The average molecular weight is 351 g/mol. The van der Waals surface area contributed by atoms with Gasteiger partial charge >= 0.3 is 6.03 Å². The normalized spacial score (nSPS) is 24.6. The molecule has 1 N–H and O–H groups in total. The number of likely N-dealkylation sites (tertiary alicyclic amines) is 2. The summed E-state index contributed by atoms with van der Waals surface area (Å²) in [6.45, 7) is 13.1. The van der Waals surface area contributed by atoms with Crippen LogP contribution < -0.4 is 5.32 Å². The molecule has 0 radical (unpaired) electrons. The maximum Gasteiger partial charge on any atom is 0.317 e. The predicted octanol–water partition coefficient (Wildman–Crippen LogP) is 2.49. The Kier molecular flexibility index (Phi) is 6.12. The van der Waals surface area contributed by atoms with E-state index in [-0.39, 0.29) is 35.1 Å². The second-order valence-electron chi connectivity index (χ2n) is 8.82. The molecule has 0 spiro atoms. The van der Waals surface area contributed by atoms with Crippen LogP contribution in [0.15, 0.2) is 0 Å². The number of imide groups is 1. The molecule has 2 heterocycles. The van der Waals surface area contributed by atoms with Crippen molar-refractivity contribution in [3.63, 3.8) is 0 Å². The first-order valence-corrected chi connectivity index (χ1v) is 9.48. The van der Waals surface area contributed by atoms with E-state index in [4.69, 9.17) is 0 Å². The number of rotatable bonds is 5. The zero-order chi connectivity index (χ0) is 18.8. The van der Waals surface area contributed by atoms with Crippen molar-refractivity contribution in [3.8, 4) is 0 Å². The maximum atomic E-state index is 12.3. The van der Waals surface area contributed by atoms with Crippen LogP contribution in [0.3, 0.4) is 0 Å². The highest BCUT2D eigenvalue weighted by Crippen LogP contribution is 2.33. The average Bonchev–Trinajstić information content (AvgIpc) is 3.10. The van der Waals surface area contributed by atoms with Gasteiger partial charge in [-0.1, -0.05) is 34.6 Å². The highest BCUT2D eigenvalue weighted by molar-refractivity contribution is 6.03. The molecule has 6 nitrogen and oxygen atoms in total. The minimum absolute atomic E-state index is 0.0362. The Morgan fingerprint density at radius 3 is 2.48 bits per heavy atom. The van der Waals surface area contributed by atoms with E-state index >= 15 is 0 Å². The lowest BCUT2D eigenvalue weighted by atomic mass is 9.80. The minimum Gasteiger partial charge on any atom is -0.338 e. The molecule has 2 fully saturated rings. The number of hydrogen-bond acceptors (Lipinski definition) is 3. The lowest BCUT2D eigenvalue weighted by Gasteiger charge is -2.27. The van der Waals surface area contributed by atoms with Gasteiger partial charge in [-0.15, -0.1) is 0 Å². The molecule has 0 aromatic heterocycles. The van der Waals surface area contributed by atoms with Crippen LogP contribution in [0.25, 0.3) is 0 Å². The Labute approximate surface area is 151 Å². The number of hydrogen-bond donors (Lipinski definition) is 1. The van der Waals surface area contributed by atoms with E-state index in [1.807, 2.05) is 18.7 Å². The van der Waals surface area contributed by atoms with Gasteiger partial charge in [0.2, 0.25) is 11.8 Å². The first-order valence-electron chi connectivity index (χ1n) is 9.48. The molecule has 25 heavy (non-hydrogen) atoms. The van der Waals surface area contributed by atoms with E-state index in [1.54, 1.807) is 0 Å². The maximum absolute atomic E-state index is 12.3. The van der Waals surface area contributed by atoms with Crippen LogP contribution in [0.2, 0.25) is 0 Å². The second kappa shape index (κ2) is 7.75. The Morgan fingerprint density at radius 1 is 1.28 bits per heavy atom. The van der Waals surface area contributed by atoms with Crippen LogP contribution in [-0.2, 0) is 9.59 Å². The van der Waals surface area contributed by atoms with E-state index in [1.165, 1.54) is 4.90 Å². The van der Waals surface area contributed by atoms with Gasteiger partial charge in [-0.3, -0.25) is 14.5 Å². The fourth-order valence-electron chi connectivity index (χ4n) is 3.66. The molecule has 2 saturated heterocycles. The van der Waals surface area contributed by atoms with Gasteiger partial charge in [0.25, 0.3) is 0 Å². The highest BCUT2D eigenvalue weighted by atomic mass is 16.2. The van der Waals surface area contributed by atoms with E-state index in [0.717, 1.165) is 19.5 Å². The van der Waals surface area contributed by atoms with Gasteiger partial charge in [0.05, 0.1) is 0 Å². The molecule has 2 aliphatic heterocycles. The molecule has 4 amide bonds. The Hall–Kier alpha value is -1.59. The van der Waals surface area contributed by atoms with Crippen LogP contribution in [0.1, 0.15) is 53.9 Å². The molecule has 6 heteroatoms. The Morgan fingerprint density at radius 2 is 1.96 bits per heavy atom. The van der Waals surface area contributed by atoms with E-state index in [9.17, 15) is 14.4 Å². The van der Waals surface area contributed by atoms with E-state index < -0.39 is 0 Å². The molecule has 0 aliphatic carbocycles. The van der Waals surface area contributed by atoms with E-state index in [2.05, 4.69) is 26.1 Å². The molecule has 2 aliphatic rings. The van der Waals surface area contributed by atoms with Crippen molar-refractivity contribution in [2.24, 2.45) is 23.2 Å². The summed E-state index contributed by atoms with van der Waals surface area (Å²) in [5.41, 5.74) is 0.221. The van der Waals surface area contributed by atoms with Gasteiger partial charge in [0.1, 0.15) is 0 Å². The second-order valence-corrected chi connectivity index (χ2v) is 8.82. The number of amides is 4. The van der Waals surface area contributed by atoms with Crippen LogP contribution in [0.4, 0.5) is 4.79 Å².